The third-order valence-corrected chi connectivity index (χ3v) is 4.14. The molecule has 1 aliphatic heterocycles. The highest BCUT2D eigenvalue weighted by Gasteiger charge is 2.45. The molecule has 114 valence electrons. The topological polar surface area (TPSA) is 73.1 Å². The van der Waals surface area contributed by atoms with Crippen LogP contribution < -0.4 is 5.32 Å². The molecule has 1 heterocycles. The van der Waals surface area contributed by atoms with Gasteiger partial charge in [-0.15, -0.1) is 0 Å². The Bertz CT molecular complexity index is 852. The maximum atomic E-state index is 12.1. The lowest BCUT2D eigenvalue weighted by atomic mass is 9.89. The molecule has 1 amide bonds. The summed E-state index contributed by atoms with van der Waals surface area (Å²) in [5, 5.41) is 23.9. The van der Waals surface area contributed by atoms with Gasteiger partial charge in [-0.25, -0.2) is 0 Å². The van der Waals surface area contributed by atoms with Crippen molar-refractivity contribution < 1.29 is 9.90 Å². The normalized spacial score (nSPS) is 20.3. The summed E-state index contributed by atoms with van der Waals surface area (Å²) in [6.45, 7) is 0. The molecule has 2 aromatic rings. The smallest absolute Gasteiger partial charge is 0.265 e. The Morgan fingerprint density at radius 3 is 2.04 bits per heavy atom. The Kier molecular flexibility index (Phi) is 3.87. The molecular formula is C17H10Cl2N2O2. The summed E-state index contributed by atoms with van der Waals surface area (Å²) < 4.78 is 0. The van der Waals surface area contributed by atoms with Crippen molar-refractivity contribution in [2.45, 2.75) is 5.72 Å². The van der Waals surface area contributed by atoms with Gasteiger partial charge in [0.2, 0.25) is 0 Å². The highest BCUT2D eigenvalue weighted by atomic mass is 35.5. The van der Waals surface area contributed by atoms with E-state index in [0.29, 0.717) is 21.2 Å². The fourth-order valence-corrected chi connectivity index (χ4v) is 2.82. The van der Waals surface area contributed by atoms with Crippen LogP contribution in [0.25, 0.3) is 5.57 Å². The molecule has 1 unspecified atom stereocenters. The van der Waals surface area contributed by atoms with E-state index >= 15 is 0 Å². The van der Waals surface area contributed by atoms with Crippen molar-refractivity contribution in [2.75, 3.05) is 0 Å². The monoisotopic (exact) mass is 344 g/mol. The van der Waals surface area contributed by atoms with Crippen molar-refractivity contribution in [2.24, 2.45) is 0 Å². The number of rotatable bonds is 2. The number of aliphatic hydroxyl groups is 1. The molecule has 0 aliphatic carbocycles. The van der Waals surface area contributed by atoms with E-state index in [-0.39, 0.29) is 11.1 Å². The lowest BCUT2D eigenvalue weighted by Crippen LogP contribution is -2.41. The number of hydrogen-bond donors (Lipinski definition) is 2. The van der Waals surface area contributed by atoms with Crippen molar-refractivity contribution in [1.82, 2.24) is 5.32 Å². The van der Waals surface area contributed by atoms with Crippen LogP contribution in [0.5, 0.6) is 0 Å². The molecule has 3 rings (SSSR count). The highest BCUT2D eigenvalue weighted by molar-refractivity contribution is 6.31. The minimum atomic E-state index is -1.80. The van der Waals surface area contributed by atoms with Crippen LogP contribution >= 0.6 is 23.2 Å². The van der Waals surface area contributed by atoms with Crippen LogP contribution in [0, 0.1) is 11.3 Å². The second kappa shape index (κ2) is 5.71. The van der Waals surface area contributed by atoms with Crippen LogP contribution in [0.15, 0.2) is 54.1 Å². The van der Waals surface area contributed by atoms with E-state index in [1.807, 2.05) is 6.07 Å². The second-order valence-electron chi connectivity index (χ2n) is 5.04. The van der Waals surface area contributed by atoms with E-state index in [1.165, 1.54) is 0 Å². The van der Waals surface area contributed by atoms with Gasteiger partial charge >= 0.3 is 0 Å². The van der Waals surface area contributed by atoms with Crippen LogP contribution in [-0.4, -0.2) is 11.0 Å². The number of benzene rings is 2. The molecule has 0 spiro atoms. The van der Waals surface area contributed by atoms with Crippen molar-refractivity contribution in [3.63, 3.8) is 0 Å². The Labute approximate surface area is 142 Å². The third kappa shape index (κ3) is 2.60. The minimum absolute atomic E-state index is 0.134. The zero-order valence-corrected chi connectivity index (χ0v) is 13.2. The minimum Gasteiger partial charge on any atom is -0.363 e. The molecule has 4 nitrogen and oxygen atoms in total. The number of halogens is 2. The zero-order chi connectivity index (χ0) is 16.6. The molecule has 0 aromatic heterocycles. The van der Waals surface area contributed by atoms with Crippen LogP contribution in [0.3, 0.4) is 0 Å². The van der Waals surface area contributed by atoms with Crippen LogP contribution in [0.2, 0.25) is 10.0 Å². The molecule has 6 heteroatoms. The van der Waals surface area contributed by atoms with Gasteiger partial charge in [0.1, 0.15) is 11.6 Å². The number of nitriles is 1. The summed E-state index contributed by atoms with van der Waals surface area (Å²) in [6.07, 6.45) is 0. The summed E-state index contributed by atoms with van der Waals surface area (Å²) in [5.74, 6) is -0.630. The quantitative estimate of drug-likeness (QED) is 0.878. The van der Waals surface area contributed by atoms with E-state index in [9.17, 15) is 15.2 Å². The number of carbonyl (C=O) groups is 1. The molecule has 0 saturated carbocycles. The zero-order valence-electron chi connectivity index (χ0n) is 11.7. The molecule has 1 aliphatic rings. The Hall–Kier alpha value is -2.32. The number of nitrogens with zero attached hydrogens (tertiary/aromatic N) is 1. The molecule has 0 bridgehead atoms. The number of carbonyl (C=O) groups excluding carboxylic acids is 1. The van der Waals surface area contributed by atoms with E-state index in [1.54, 1.807) is 48.5 Å². The molecular weight excluding hydrogens is 335 g/mol. The summed E-state index contributed by atoms with van der Waals surface area (Å²) in [4.78, 5) is 12.1. The van der Waals surface area contributed by atoms with Gasteiger partial charge in [-0.1, -0.05) is 47.5 Å². The largest absolute Gasteiger partial charge is 0.363 e. The van der Waals surface area contributed by atoms with Gasteiger partial charge in [-0.2, -0.15) is 5.26 Å². The molecule has 0 saturated heterocycles. The molecule has 0 radical (unpaired) electrons. The Balaban J connectivity index is 2.22. The maximum Gasteiger partial charge on any atom is 0.265 e. The van der Waals surface area contributed by atoms with Crippen molar-refractivity contribution >= 4 is 34.7 Å². The fraction of sp³-hybridized carbons (Fsp3) is 0.0588. The van der Waals surface area contributed by atoms with Gasteiger partial charge in [0, 0.05) is 21.2 Å². The average molecular weight is 345 g/mol. The van der Waals surface area contributed by atoms with E-state index in [0.717, 1.165) is 0 Å². The lowest BCUT2D eigenvalue weighted by molar-refractivity contribution is -0.120. The molecule has 1 atom stereocenters. The number of nitrogens with one attached hydrogen (secondary N) is 1. The first kappa shape index (κ1) is 15.6. The van der Waals surface area contributed by atoms with E-state index in [4.69, 9.17) is 23.2 Å². The fourth-order valence-electron chi connectivity index (χ4n) is 2.57. The van der Waals surface area contributed by atoms with Gasteiger partial charge in [0.25, 0.3) is 5.91 Å². The SMILES string of the molecule is N#CC1=C(c2ccc(Cl)cc2)C(O)(c2ccc(Cl)cc2)NC1=O. The maximum absolute atomic E-state index is 12.1. The third-order valence-electron chi connectivity index (χ3n) is 3.64. The predicted octanol–water partition coefficient (Wildman–Crippen LogP) is 3.25. The predicted molar refractivity (Wildman–Crippen MR) is 87.5 cm³/mol. The first-order valence-electron chi connectivity index (χ1n) is 6.67. The average Bonchev–Trinajstić information content (AvgIpc) is 2.80. The van der Waals surface area contributed by atoms with Crippen molar-refractivity contribution in [3.8, 4) is 6.07 Å². The van der Waals surface area contributed by atoms with Crippen molar-refractivity contribution in [3.05, 3.63) is 75.3 Å². The summed E-state index contributed by atoms with van der Waals surface area (Å²) in [5.41, 5.74) is -0.804. The Morgan fingerprint density at radius 2 is 1.52 bits per heavy atom. The van der Waals surface area contributed by atoms with Crippen LogP contribution in [-0.2, 0) is 10.5 Å². The Morgan fingerprint density at radius 1 is 1.00 bits per heavy atom. The lowest BCUT2D eigenvalue weighted by Gasteiger charge is -2.27. The second-order valence-corrected chi connectivity index (χ2v) is 5.91. The molecule has 2 aromatic carbocycles. The number of amides is 1. The van der Waals surface area contributed by atoms with E-state index in [2.05, 4.69) is 5.32 Å². The molecule has 0 fully saturated rings. The van der Waals surface area contributed by atoms with Gasteiger partial charge in [-0.05, 0) is 29.8 Å². The van der Waals surface area contributed by atoms with Gasteiger partial charge in [-0.3, -0.25) is 4.79 Å². The summed E-state index contributed by atoms with van der Waals surface area (Å²) in [6, 6.07) is 14.8. The van der Waals surface area contributed by atoms with Gasteiger partial charge < -0.3 is 10.4 Å². The number of hydrogen-bond acceptors (Lipinski definition) is 3. The highest BCUT2D eigenvalue weighted by Crippen LogP contribution is 2.41. The first-order valence-corrected chi connectivity index (χ1v) is 7.43. The standard InChI is InChI=1S/C17H10Cl2N2O2/c18-12-5-1-10(2-6-12)15-14(9-20)16(22)21-17(15,23)11-3-7-13(19)8-4-11/h1-8,23H,(H,21,22). The summed E-state index contributed by atoms with van der Waals surface area (Å²) >= 11 is 11.8. The van der Waals surface area contributed by atoms with E-state index < -0.39 is 11.6 Å². The van der Waals surface area contributed by atoms with Crippen LogP contribution in [0.1, 0.15) is 11.1 Å². The van der Waals surface area contributed by atoms with Gasteiger partial charge in [0.05, 0.1) is 0 Å². The molecule has 23 heavy (non-hydrogen) atoms. The van der Waals surface area contributed by atoms with Crippen LogP contribution in [0.4, 0.5) is 0 Å². The van der Waals surface area contributed by atoms with Gasteiger partial charge in [0.15, 0.2) is 5.72 Å². The summed E-state index contributed by atoms with van der Waals surface area (Å²) in [7, 11) is 0. The molecule has 2 N–H and O–H groups in total. The first-order chi connectivity index (χ1) is 11.0. The van der Waals surface area contributed by atoms with Crippen molar-refractivity contribution in [1.29, 1.82) is 5.26 Å².